The van der Waals surface area contributed by atoms with E-state index in [9.17, 15) is 9.59 Å². The van der Waals surface area contributed by atoms with Crippen LogP contribution in [0.5, 0.6) is 0 Å². The lowest BCUT2D eigenvalue weighted by Crippen LogP contribution is -2.38. The van der Waals surface area contributed by atoms with E-state index in [4.69, 9.17) is 11.6 Å². The Morgan fingerprint density at radius 1 is 1.29 bits per heavy atom. The summed E-state index contributed by atoms with van der Waals surface area (Å²) in [6.07, 6.45) is 1.92. The first-order valence-electron chi connectivity index (χ1n) is 5.01. The van der Waals surface area contributed by atoms with E-state index >= 15 is 0 Å². The molecule has 2 nitrogen and oxygen atoms in total. The molecule has 0 aromatic heterocycles. The third-order valence-corrected chi connectivity index (χ3v) is 5.44. The van der Waals surface area contributed by atoms with E-state index in [1.165, 1.54) is 0 Å². The first-order valence-corrected chi connectivity index (χ1v) is 5.39. The van der Waals surface area contributed by atoms with Crippen LogP contribution in [-0.2, 0) is 9.59 Å². The molecule has 2 rings (SSSR count). The molecule has 2 aliphatic carbocycles. The smallest absolute Gasteiger partial charge is 0.228 e. The Morgan fingerprint density at radius 2 is 1.86 bits per heavy atom. The second-order valence-corrected chi connectivity index (χ2v) is 5.76. The molecule has 0 spiro atoms. The molecule has 2 bridgehead atoms. The van der Waals surface area contributed by atoms with Crippen LogP contribution in [0.15, 0.2) is 0 Å². The van der Waals surface area contributed by atoms with Gasteiger partial charge in [-0.3, -0.25) is 9.59 Å². The molecule has 0 amide bonds. The van der Waals surface area contributed by atoms with E-state index in [1.807, 2.05) is 20.8 Å². The van der Waals surface area contributed by atoms with Crippen LogP contribution in [0, 0.1) is 16.2 Å². The van der Waals surface area contributed by atoms with Crippen LogP contribution in [0.2, 0.25) is 0 Å². The average molecular weight is 215 g/mol. The van der Waals surface area contributed by atoms with Crippen molar-refractivity contribution in [2.45, 2.75) is 40.0 Å². The standard InChI is InChI=1S/C11H15ClO2/c1-9(2)10(3)4-5-11(9,8(12)14)6-7(10)13/h4-6H2,1-3H3. The minimum Gasteiger partial charge on any atom is -0.299 e. The summed E-state index contributed by atoms with van der Waals surface area (Å²) in [7, 11) is 0. The predicted molar refractivity (Wildman–Crippen MR) is 54.0 cm³/mol. The summed E-state index contributed by atoms with van der Waals surface area (Å²) >= 11 is 5.69. The summed E-state index contributed by atoms with van der Waals surface area (Å²) in [5.74, 6) is 0.211. The molecule has 2 fully saturated rings. The fraction of sp³-hybridized carbons (Fsp3) is 0.818. The van der Waals surface area contributed by atoms with Gasteiger partial charge >= 0.3 is 0 Å². The van der Waals surface area contributed by atoms with E-state index in [-0.39, 0.29) is 21.9 Å². The molecule has 0 saturated heterocycles. The number of carbonyl (C=O) groups is 2. The molecule has 78 valence electrons. The Labute approximate surface area is 89.0 Å². The summed E-state index contributed by atoms with van der Waals surface area (Å²) in [4.78, 5) is 23.4. The van der Waals surface area contributed by atoms with E-state index in [2.05, 4.69) is 0 Å². The predicted octanol–water partition coefficient (Wildman–Crippen LogP) is 2.54. The number of Topliss-reactive ketones (excluding diaryl/α,β-unsaturated/α-hetero) is 1. The summed E-state index contributed by atoms with van der Waals surface area (Å²) in [5, 5.41) is -0.322. The minimum absolute atomic E-state index is 0.211. The monoisotopic (exact) mass is 214 g/mol. The van der Waals surface area contributed by atoms with Gasteiger partial charge < -0.3 is 0 Å². The van der Waals surface area contributed by atoms with Gasteiger partial charge in [-0.05, 0) is 29.9 Å². The summed E-state index contributed by atoms with van der Waals surface area (Å²) in [6.45, 7) is 5.99. The van der Waals surface area contributed by atoms with Crippen LogP contribution in [0.1, 0.15) is 40.0 Å². The molecule has 14 heavy (non-hydrogen) atoms. The molecule has 2 saturated carbocycles. The van der Waals surface area contributed by atoms with Gasteiger partial charge in [-0.25, -0.2) is 0 Å². The van der Waals surface area contributed by atoms with Gasteiger partial charge in [0, 0.05) is 11.8 Å². The van der Waals surface area contributed by atoms with Gasteiger partial charge in [0.05, 0.1) is 5.41 Å². The zero-order valence-corrected chi connectivity index (χ0v) is 9.57. The van der Waals surface area contributed by atoms with Gasteiger partial charge in [0.1, 0.15) is 5.78 Å². The SMILES string of the molecule is CC12CCC(C(=O)Cl)(CC1=O)C2(C)C. The zero-order valence-electron chi connectivity index (χ0n) is 8.82. The number of halogens is 1. The van der Waals surface area contributed by atoms with Gasteiger partial charge in [0.15, 0.2) is 0 Å². The fourth-order valence-corrected chi connectivity index (χ4v) is 3.69. The van der Waals surface area contributed by atoms with E-state index in [1.54, 1.807) is 0 Å². The lowest BCUT2D eigenvalue weighted by molar-refractivity contribution is -0.129. The van der Waals surface area contributed by atoms with Crippen molar-refractivity contribution in [3.63, 3.8) is 0 Å². The third kappa shape index (κ3) is 0.758. The summed E-state index contributed by atoms with van der Waals surface area (Å²) in [6, 6.07) is 0. The first kappa shape index (κ1) is 10.2. The molecule has 2 atom stereocenters. The van der Waals surface area contributed by atoms with Crippen molar-refractivity contribution in [3.05, 3.63) is 0 Å². The second-order valence-electron chi connectivity index (χ2n) is 5.41. The van der Waals surface area contributed by atoms with Crippen LogP contribution in [0.4, 0.5) is 0 Å². The normalized spacial score (nSPS) is 44.4. The average Bonchev–Trinajstić information content (AvgIpc) is 2.34. The highest BCUT2D eigenvalue weighted by molar-refractivity contribution is 6.65. The summed E-state index contributed by atoms with van der Waals surface area (Å²) < 4.78 is 0. The quantitative estimate of drug-likeness (QED) is 0.629. The van der Waals surface area contributed by atoms with Crippen LogP contribution in [0.3, 0.4) is 0 Å². The van der Waals surface area contributed by atoms with Crippen molar-refractivity contribution in [1.82, 2.24) is 0 Å². The van der Waals surface area contributed by atoms with E-state index in [0.717, 1.165) is 12.8 Å². The van der Waals surface area contributed by atoms with Crippen molar-refractivity contribution in [2.75, 3.05) is 0 Å². The van der Waals surface area contributed by atoms with Crippen LogP contribution >= 0.6 is 11.6 Å². The molecule has 2 unspecified atom stereocenters. The van der Waals surface area contributed by atoms with Crippen molar-refractivity contribution >= 4 is 22.6 Å². The van der Waals surface area contributed by atoms with Gasteiger partial charge in [0.25, 0.3) is 0 Å². The van der Waals surface area contributed by atoms with Crippen LogP contribution in [-0.4, -0.2) is 11.0 Å². The van der Waals surface area contributed by atoms with Crippen LogP contribution < -0.4 is 0 Å². The number of ketones is 1. The Bertz CT molecular complexity index is 334. The minimum atomic E-state index is -0.583. The maximum atomic E-state index is 11.9. The second kappa shape index (κ2) is 2.41. The first-order chi connectivity index (χ1) is 6.28. The molecule has 2 aliphatic rings. The number of hydrogen-bond acceptors (Lipinski definition) is 2. The maximum absolute atomic E-state index is 11.9. The number of carbonyl (C=O) groups excluding carboxylic acids is 2. The van der Waals surface area contributed by atoms with Gasteiger partial charge in [-0.1, -0.05) is 20.8 Å². The van der Waals surface area contributed by atoms with Gasteiger partial charge in [-0.15, -0.1) is 0 Å². The highest BCUT2D eigenvalue weighted by atomic mass is 35.5. The van der Waals surface area contributed by atoms with Gasteiger partial charge in [0.2, 0.25) is 5.24 Å². The van der Waals surface area contributed by atoms with Crippen molar-refractivity contribution in [1.29, 1.82) is 0 Å². The Hall–Kier alpha value is -0.370. The molecule has 0 heterocycles. The van der Waals surface area contributed by atoms with Crippen molar-refractivity contribution in [2.24, 2.45) is 16.2 Å². The van der Waals surface area contributed by atoms with E-state index in [0.29, 0.717) is 6.42 Å². The van der Waals surface area contributed by atoms with Gasteiger partial charge in [-0.2, -0.15) is 0 Å². The zero-order chi connectivity index (χ0) is 10.8. The van der Waals surface area contributed by atoms with Crippen molar-refractivity contribution in [3.8, 4) is 0 Å². The summed E-state index contributed by atoms with van der Waals surface area (Å²) in [5.41, 5.74) is -1.20. The molecule has 0 aromatic rings. The Balaban J connectivity index is 2.60. The maximum Gasteiger partial charge on any atom is 0.228 e. The molecule has 3 heteroatoms. The third-order valence-electron chi connectivity index (χ3n) is 5.08. The van der Waals surface area contributed by atoms with Crippen molar-refractivity contribution < 1.29 is 9.59 Å². The lowest BCUT2D eigenvalue weighted by Gasteiger charge is -2.37. The molecular weight excluding hydrogens is 200 g/mol. The van der Waals surface area contributed by atoms with E-state index < -0.39 is 5.41 Å². The molecule has 0 N–H and O–H groups in total. The highest BCUT2D eigenvalue weighted by Gasteiger charge is 2.72. The number of rotatable bonds is 1. The largest absolute Gasteiger partial charge is 0.299 e. The highest BCUT2D eigenvalue weighted by Crippen LogP contribution is 2.71. The topological polar surface area (TPSA) is 34.1 Å². The molecule has 0 aromatic carbocycles. The number of hydrogen-bond donors (Lipinski definition) is 0. The molecule has 0 aliphatic heterocycles. The Kier molecular flexibility index (Phi) is 1.75. The fourth-order valence-electron chi connectivity index (χ4n) is 3.30. The lowest BCUT2D eigenvalue weighted by atomic mass is 9.65. The Morgan fingerprint density at radius 3 is 2.07 bits per heavy atom. The molecule has 0 radical (unpaired) electrons. The van der Waals surface area contributed by atoms with Crippen LogP contribution in [0.25, 0.3) is 0 Å². The number of fused-ring (bicyclic) bond motifs is 2. The molecular formula is C11H15ClO2.